The number of thioether (sulfide) groups is 1. The molecule has 11 heteroatoms. The number of nitrogens with one attached hydrogen (secondary N) is 2. The Hall–Kier alpha value is -3.31. The van der Waals surface area contributed by atoms with E-state index in [0.29, 0.717) is 29.1 Å². The van der Waals surface area contributed by atoms with Crippen LogP contribution in [-0.2, 0) is 17.8 Å². The van der Waals surface area contributed by atoms with Gasteiger partial charge in [-0.15, -0.1) is 10.2 Å². The van der Waals surface area contributed by atoms with Gasteiger partial charge in [0.15, 0.2) is 10.3 Å². The van der Waals surface area contributed by atoms with Crippen LogP contribution in [0.1, 0.15) is 28.7 Å². The van der Waals surface area contributed by atoms with Crippen molar-refractivity contribution >= 4 is 50.3 Å². The Kier molecular flexibility index (Phi) is 7.53. The molecule has 2 heterocycles. The normalized spacial score (nSPS) is 11.0. The van der Waals surface area contributed by atoms with Gasteiger partial charge in [-0.05, 0) is 37.6 Å². The molecule has 0 aliphatic rings. The second-order valence-electron chi connectivity index (χ2n) is 7.41. The van der Waals surface area contributed by atoms with E-state index in [1.165, 1.54) is 41.3 Å². The predicted octanol–water partition coefficient (Wildman–Crippen LogP) is 4.06. The van der Waals surface area contributed by atoms with Gasteiger partial charge in [0.1, 0.15) is 11.6 Å². The van der Waals surface area contributed by atoms with E-state index >= 15 is 0 Å². The molecule has 0 atom stereocenters. The number of anilines is 1. The number of amides is 2. The van der Waals surface area contributed by atoms with Crippen LogP contribution in [0, 0.1) is 12.7 Å². The first-order chi connectivity index (χ1) is 16.5. The monoisotopic (exact) mass is 498 g/mol. The van der Waals surface area contributed by atoms with Crippen LogP contribution in [0.5, 0.6) is 0 Å². The number of fused-ring (bicyclic) bond motifs is 1. The number of carbonyl (C=O) groups is 2. The van der Waals surface area contributed by atoms with Crippen LogP contribution in [-0.4, -0.2) is 43.9 Å². The number of benzene rings is 2. The van der Waals surface area contributed by atoms with Gasteiger partial charge in [0.2, 0.25) is 5.91 Å². The van der Waals surface area contributed by atoms with Crippen molar-refractivity contribution in [1.29, 1.82) is 0 Å². The first-order valence-electron chi connectivity index (χ1n) is 10.7. The van der Waals surface area contributed by atoms with Gasteiger partial charge in [-0.25, -0.2) is 9.37 Å². The molecule has 0 fully saturated rings. The molecule has 0 saturated carbocycles. The second-order valence-corrected chi connectivity index (χ2v) is 9.38. The summed E-state index contributed by atoms with van der Waals surface area (Å²) in [6.07, 6.45) is 0.429. The third-order valence-corrected chi connectivity index (χ3v) is 6.96. The number of aryl methyl sites for hydroxylation is 1. The molecule has 0 aliphatic heterocycles. The third kappa shape index (κ3) is 5.42. The highest BCUT2D eigenvalue weighted by atomic mass is 32.2. The average molecular weight is 499 g/mol. The Labute approximate surface area is 204 Å². The minimum atomic E-state index is -0.560. The van der Waals surface area contributed by atoms with E-state index in [2.05, 4.69) is 25.8 Å². The Morgan fingerprint density at radius 3 is 2.74 bits per heavy atom. The zero-order valence-corrected chi connectivity index (χ0v) is 20.3. The lowest BCUT2D eigenvalue weighted by atomic mass is 10.2. The highest BCUT2D eigenvalue weighted by Gasteiger charge is 2.16. The van der Waals surface area contributed by atoms with Crippen molar-refractivity contribution in [2.24, 2.45) is 0 Å². The minimum absolute atomic E-state index is 0.00463. The molecule has 0 bridgehead atoms. The van der Waals surface area contributed by atoms with Crippen molar-refractivity contribution in [2.45, 2.75) is 32.0 Å². The fraction of sp³-hybridized carbons (Fsp3) is 0.261. The molecule has 2 N–H and O–H groups in total. The van der Waals surface area contributed by atoms with Crippen LogP contribution < -0.4 is 10.6 Å². The number of nitrogens with zero attached hydrogens (tertiary/aromatic N) is 4. The van der Waals surface area contributed by atoms with Gasteiger partial charge in [-0.3, -0.25) is 9.59 Å². The zero-order valence-electron chi connectivity index (χ0n) is 18.7. The summed E-state index contributed by atoms with van der Waals surface area (Å²) in [6.45, 7) is 4.85. The van der Waals surface area contributed by atoms with Crippen molar-refractivity contribution in [3.8, 4) is 0 Å². The number of aromatic nitrogens is 4. The number of halogens is 1. The number of hydrogen-bond donors (Lipinski definition) is 2. The summed E-state index contributed by atoms with van der Waals surface area (Å²) in [6, 6.07) is 11.8. The van der Waals surface area contributed by atoms with E-state index in [-0.39, 0.29) is 23.8 Å². The average Bonchev–Trinajstić information content (AvgIpc) is 3.41. The lowest BCUT2D eigenvalue weighted by molar-refractivity contribution is -0.113. The summed E-state index contributed by atoms with van der Waals surface area (Å²) < 4.78 is 16.7. The summed E-state index contributed by atoms with van der Waals surface area (Å²) >= 11 is 2.73. The number of rotatable bonds is 9. The summed E-state index contributed by atoms with van der Waals surface area (Å²) in [5, 5.41) is 15.1. The van der Waals surface area contributed by atoms with Gasteiger partial charge in [0.25, 0.3) is 5.91 Å². The van der Waals surface area contributed by atoms with Gasteiger partial charge in [-0.1, -0.05) is 47.4 Å². The Balaban J connectivity index is 1.31. The molecule has 0 aliphatic carbocycles. The van der Waals surface area contributed by atoms with Crippen molar-refractivity contribution < 1.29 is 14.0 Å². The number of para-hydroxylation sites is 1. The molecule has 176 valence electrons. The van der Waals surface area contributed by atoms with Crippen LogP contribution in [0.15, 0.2) is 47.6 Å². The van der Waals surface area contributed by atoms with Crippen LogP contribution in [0.2, 0.25) is 0 Å². The maximum atomic E-state index is 13.7. The standard InChI is InChI=1S/C23H23FN6O2S2/c1-3-30-18(11-12-25-21(32)15-8-4-5-9-16(15)24)28-29-23(30)33-13-19(31)26-22-27-20-14(2)7-6-10-17(20)34-22/h4-10H,3,11-13H2,1-2H3,(H,25,32)(H,26,27,31). The predicted molar refractivity (Wildman–Crippen MR) is 132 cm³/mol. The van der Waals surface area contributed by atoms with Gasteiger partial charge < -0.3 is 15.2 Å². The Morgan fingerprint density at radius 2 is 1.97 bits per heavy atom. The Bertz CT molecular complexity index is 1340. The summed E-state index contributed by atoms with van der Waals surface area (Å²) in [5.41, 5.74) is 1.97. The number of thiazole rings is 1. The molecule has 2 aromatic heterocycles. The van der Waals surface area contributed by atoms with Gasteiger partial charge in [-0.2, -0.15) is 0 Å². The molecular weight excluding hydrogens is 475 g/mol. The van der Waals surface area contributed by atoms with E-state index in [1.807, 2.05) is 36.6 Å². The van der Waals surface area contributed by atoms with E-state index in [9.17, 15) is 14.0 Å². The summed E-state index contributed by atoms with van der Waals surface area (Å²) in [7, 11) is 0. The topological polar surface area (TPSA) is 102 Å². The molecule has 2 amide bonds. The molecule has 4 rings (SSSR count). The highest BCUT2D eigenvalue weighted by Crippen LogP contribution is 2.28. The third-order valence-electron chi connectivity index (χ3n) is 5.06. The maximum Gasteiger partial charge on any atom is 0.254 e. The van der Waals surface area contributed by atoms with Crippen molar-refractivity contribution in [1.82, 2.24) is 25.1 Å². The van der Waals surface area contributed by atoms with Gasteiger partial charge in [0.05, 0.1) is 21.5 Å². The first-order valence-corrected chi connectivity index (χ1v) is 12.5. The van der Waals surface area contributed by atoms with Crippen LogP contribution in [0.25, 0.3) is 10.2 Å². The van der Waals surface area contributed by atoms with E-state index in [4.69, 9.17) is 0 Å². The van der Waals surface area contributed by atoms with E-state index < -0.39 is 11.7 Å². The first kappa shape index (κ1) is 23.8. The second kappa shape index (κ2) is 10.7. The number of carbonyl (C=O) groups excluding carboxylic acids is 2. The van der Waals surface area contributed by atoms with Crippen molar-refractivity contribution in [3.05, 3.63) is 65.2 Å². The lowest BCUT2D eigenvalue weighted by Crippen LogP contribution is -2.27. The molecule has 34 heavy (non-hydrogen) atoms. The fourth-order valence-corrected chi connectivity index (χ4v) is 5.16. The van der Waals surface area contributed by atoms with Crippen molar-refractivity contribution in [3.63, 3.8) is 0 Å². The molecular formula is C23H23FN6O2S2. The molecule has 0 radical (unpaired) electrons. The summed E-state index contributed by atoms with van der Waals surface area (Å²) in [5.74, 6) is -0.365. The molecule has 0 spiro atoms. The van der Waals surface area contributed by atoms with Gasteiger partial charge in [0, 0.05) is 19.5 Å². The summed E-state index contributed by atoms with van der Waals surface area (Å²) in [4.78, 5) is 29.1. The van der Waals surface area contributed by atoms with E-state index in [1.54, 1.807) is 6.07 Å². The largest absolute Gasteiger partial charge is 0.351 e. The molecule has 0 saturated heterocycles. The highest BCUT2D eigenvalue weighted by molar-refractivity contribution is 7.99. The smallest absolute Gasteiger partial charge is 0.254 e. The Morgan fingerprint density at radius 1 is 1.15 bits per heavy atom. The quantitative estimate of drug-likeness (QED) is 0.338. The minimum Gasteiger partial charge on any atom is -0.351 e. The maximum absolute atomic E-state index is 13.7. The zero-order chi connectivity index (χ0) is 24.1. The number of hydrogen-bond acceptors (Lipinski definition) is 7. The fourth-order valence-electron chi connectivity index (χ4n) is 3.38. The molecule has 4 aromatic rings. The van der Waals surface area contributed by atoms with Gasteiger partial charge >= 0.3 is 0 Å². The van der Waals surface area contributed by atoms with Crippen LogP contribution in [0.3, 0.4) is 0 Å². The van der Waals surface area contributed by atoms with Crippen molar-refractivity contribution in [2.75, 3.05) is 17.6 Å². The van der Waals surface area contributed by atoms with Crippen LogP contribution >= 0.6 is 23.1 Å². The lowest BCUT2D eigenvalue weighted by Gasteiger charge is -2.08. The SMILES string of the molecule is CCn1c(CCNC(=O)c2ccccc2F)nnc1SCC(=O)Nc1nc2c(C)cccc2s1. The van der Waals surface area contributed by atoms with E-state index in [0.717, 1.165) is 15.8 Å². The molecule has 0 unspecified atom stereocenters. The molecule has 8 nitrogen and oxygen atoms in total. The van der Waals surface area contributed by atoms with Crippen LogP contribution in [0.4, 0.5) is 9.52 Å². The molecule has 2 aromatic carbocycles.